The van der Waals surface area contributed by atoms with Crippen molar-refractivity contribution < 1.29 is 17.7 Å². The number of fused-ring (bicyclic) bond motifs is 1. The molecule has 1 fully saturated rings. The van der Waals surface area contributed by atoms with Crippen LogP contribution >= 0.6 is 11.8 Å². The van der Waals surface area contributed by atoms with E-state index in [4.69, 9.17) is 4.52 Å². The van der Waals surface area contributed by atoms with Gasteiger partial charge in [-0.05, 0) is 36.6 Å². The van der Waals surface area contributed by atoms with Crippen LogP contribution in [0.15, 0.2) is 50.9 Å². The lowest BCUT2D eigenvalue weighted by Crippen LogP contribution is -2.22. The van der Waals surface area contributed by atoms with Gasteiger partial charge in [-0.25, -0.2) is 18.2 Å². The summed E-state index contributed by atoms with van der Waals surface area (Å²) in [5, 5.41) is 4.34. The molecule has 0 radical (unpaired) electrons. The lowest BCUT2D eigenvalue weighted by molar-refractivity contribution is 0.385. The van der Waals surface area contributed by atoms with Gasteiger partial charge in [0.05, 0.1) is 16.7 Å². The lowest BCUT2D eigenvalue weighted by atomic mass is 10.1. The van der Waals surface area contributed by atoms with Gasteiger partial charge in [0.1, 0.15) is 5.82 Å². The Hall–Kier alpha value is -3.14. The predicted octanol–water partition coefficient (Wildman–Crippen LogP) is 4.41. The molecule has 2 heterocycles. The Labute approximate surface area is 178 Å². The average molecular weight is 444 g/mol. The van der Waals surface area contributed by atoms with E-state index in [0.29, 0.717) is 28.9 Å². The third-order valence-corrected chi connectivity index (χ3v) is 5.85. The van der Waals surface area contributed by atoms with Crippen LogP contribution in [0.2, 0.25) is 0 Å². The van der Waals surface area contributed by atoms with Crippen molar-refractivity contribution in [2.45, 2.75) is 36.2 Å². The summed E-state index contributed by atoms with van der Waals surface area (Å²) in [7, 11) is 0. The van der Waals surface area contributed by atoms with Crippen LogP contribution in [0.3, 0.4) is 0 Å². The second-order valence-corrected chi connectivity index (χ2v) is 8.23. The molecule has 5 rings (SSSR count). The van der Waals surface area contributed by atoms with E-state index in [-0.39, 0.29) is 28.5 Å². The number of hydrogen-bond donors (Lipinski definition) is 0. The zero-order valence-corrected chi connectivity index (χ0v) is 16.8. The molecule has 10 heteroatoms. The summed E-state index contributed by atoms with van der Waals surface area (Å²) in [5.41, 5.74) is 0.417. The minimum Gasteiger partial charge on any atom is -0.338 e. The molecule has 1 aliphatic carbocycles. The molecule has 4 aromatic rings. The summed E-state index contributed by atoms with van der Waals surface area (Å²) in [6, 6.07) is 7.95. The number of aromatic nitrogens is 4. The molecule has 0 unspecified atom stereocenters. The Kier molecular flexibility index (Phi) is 5.01. The van der Waals surface area contributed by atoms with Gasteiger partial charge in [-0.15, -0.1) is 0 Å². The largest absolute Gasteiger partial charge is 0.338 e. The van der Waals surface area contributed by atoms with Gasteiger partial charge >= 0.3 is 0 Å². The van der Waals surface area contributed by atoms with Crippen LogP contribution in [0.5, 0.6) is 0 Å². The summed E-state index contributed by atoms with van der Waals surface area (Å²) in [6.45, 7) is 0. The van der Waals surface area contributed by atoms with Crippen LogP contribution in [0.25, 0.3) is 10.9 Å². The second kappa shape index (κ2) is 7.84. The van der Waals surface area contributed by atoms with Crippen LogP contribution in [0.4, 0.5) is 13.2 Å². The Balaban J connectivity index is 1.40. The highest BCUT2D eigenvalue weighted by Gasteiger charge is 2.29. The summed E-state index contributed by atoms with van der Waals surface area (Å²) in [4.78, 5) is 21.6. The standard InChI is InChI=1S/C21H15F3N4O2S/c22-12-3-1-2-11(6-12)7-18-26-19(30-27-18)10-31-21-25-17-9-16(24)15(23)8-14(17)20(29)28(21)13-4-5-13/h1-3,6,8-9,13H,4-5,7,10H2. The Morgan fingerprint density at radius 3 is 2.68 bits per heavy atom. The van der Waals surface area contributed by atoms with Gasteiger partial charge in [-0.2, -0.15) is 4.98 Å². The minimum absolute atomic E-state index is 0.00811. The quantitative estimate of drug-likeness (QED) is 0.324. The molecule has 0 bridgehead atoms. The monoisotopic (exact) mass is 444 g/mol. The third-order valence-electron chi connectivity index (χ3n) is 4.91. The number of thioether (sulfide) groups is 1. The first-order chi connectivity index (χ1) is 15.0. The van der Waals surface area contributed by atoms with Crippen molar-refractivity contribution in [3.05, 3.63) is 81.5 Å². The van der Waals surface area contributed by atoms with Crippen molar-refractivity contribution in [3.63, 3.8) is 0 Å². The number of benzene rings is 2. The van der Waals surface area contributed by atoms with E-state index in [2.05, 4.69) is 15.1 Å². The molecule has 1 aliphatic rings. The second-order valence-electron chi connectivity index (χ2n) is 7.28. The molecule has 0 atom stereocenters. The SMILES string of the molecule is O=c1c2cc(F)c(F)cc2nc(SCc2nc(Cc3cccc(F)c3)no2)n1C1CC1. The molecule has 31 heavy (non-hydrogen) atoms. The normalized spacial score (nSPS) is 13.8. The average Bonchev–Trinajstić information content (AvgIpc) is 3.47. The van der Waals surface area contributed by atoms with Crippen molar-refractivity contribution in [1.82, 2.24) is 19.7 Å². The van der Waals surface area contributed by atoms with Crippen LogP contribution in [-0.4, -0.2) is 19.7 Å². The first-order valence-electron chi connectivity index (χ1n) is 9.58. The fourth-order valence-electron chi connectivity index (χ4n) is 3.31. The Morgan fingerprint density at radius 2 is 1.90 bits per heavy atom. The number of halogens is 3. The van der Waals surface area contributed by atoms with Crippen LogP contribution in [0, 0.1) is 17.5 Å². The molecule has 2 aromatic heterocycles. The number of rotatable bonds is 6. The van der Waals surface area contributed by atoms with E-state index in [1.165, 1.54) is 28.5 Å². The van der Waals surface area contributed by atoms with Crippen molar-refractivity contribution >= 4 is 22.7 Å². The highest BCUT2D eigenvalue weighted by Crippen LogP contribution is 2.37. The first kappa shape index (κ1) is 19.8. The molecule has 6 nitrogen and oxygen atoms in total. The molecule has 0 spiro atoms. The topological polar surface area (TPSA) is 73.8 Å². The van der Waals surface area contributed by atoms with E-state index in [1.807, 2.05) is 0 Å². The minimum atomic E-state index is -1.08. The van der Waals surface area contributed by atoms with Crippen LogP contribution < -0.4 is 5.56 Å². The van der Waals surface area contributed by atoms with Crippen LogP contribution in [0.1, 0.15) is 36.2 Å². The van der Waals surface area contributed by atoms with Gasteiger partial charge in [-0.1, -0.05) is 29.1 Å². The van der Waals surface area contributed by atoms with Gasteiger partial charge < -0.3 is 4.52 Å². The molecular formula is C21H15F3N4O2S. The van der Waals surface area contributed by atoms with Gasteiger partial charge in [0, 0.05) is 18.5 Å². The van der Waals surface area contributed by atoms with Gasteiger partial charge in [-0.3, -0.25) is 9.36 Å². The molecule has 0 saturated heterocycles. The lowest BCUT2D eigenvalue weighted by Gasteiger charge is -2.11. The molecule has 0 N–H and O–H groups in total. The van der Waals surface area contributed by atoms with E-state index in [0.717, 1.165) is 25.0 Å². The number of nitrogens with zero attached hydrogens (tertiary/aromatic N) is 4. The van der Waals surface area contributed by atoms with Gasteiger partial charge in [0.2, 0.25) is 5.89 Å². The summed E-state index contributed by atoms with van der Waals surface area (Å²) >= 11 is 1.21. The van der Waals surface area contributed by atoms with E-state index in [1.54, 1.807) is 12.1 Å². The zero-order valence-electron chi connectivity index (χ0n) is 16.0. The van der Waals surface area contributed by atoms with Crippen molar-refractivity contribution in [3.8, 4) is 0 Å². The zero-order chi connectivity index (χ0) is 21.5. The molecule has 0 aliphatic heterocycles. The third kappa shape index (κ3) is 4.07. The van der Waals surface area contributed by atoms with Crippen LogP contribution in [-0.2, 0) is 12.2 Å². The highest BCUT2D eigenvalue weighted by atomic mass is 32.2. The Morgan fingerprint density at radius 1 is 1.10 bits per heavy atom. The van der Waals surface area contributed by atoms with Crippen molar-refractivity contribution in [2.24, 2.45) is 0 Å². The summed E-state index contributed by atoms with van der Waals surface area (Å²) < 4.78 is 47.4. The van der Waals surface area contributed by atoms with E-state index < -0.39 is 17.2 Å². The predicted molar refractivity (Wildman–Crippen MR) is 107 cm³/mol. The van der Waals surface area contributed by atoms with Crippen molar-refractivity contribution in [1.29, 1.82) is 0 Å². The maximum atomic E-state index is 13.7. The molecular weight excluding hydrogens is 429 g/mol. The molecule has 2 aromatic carbocycles. The molecule has 0 amide bonds. The fraction of sp³-hybridized carbons (Fsp3) is 0.238. The van der Waals surface area contributed by atoms with Crippen molar-refractivity contribution in [2.75, 3.05) is 0 Å². The number of hydrogen-bond acceptors (Lipinski definition) is 6. The smallest absolute Gasteiger partial charge is 0.262 e. The van der Waals surface area contributed by atoms with E-state index >= 15 is 0 Å². The maximum Gasteiger partial charge on any atom is 0.262 e. The highest BCUT2D eigenvalue weighted by molar-refractivity contribution is 7.98. The summed E-state index contributed by atoms with van der Waals surface area (Å²) in [6.07, 6.45) is 1.96. The Bertz CT molecular complexity index is 1350. The first-order valence-corrected chi connectivity index (χ1v) is 10.6. The summed E-state index contributed by atoms with van der Waals surface area (Å²) in [5.74, 6) is -1.51. The molecule has 158 valence electrons. The fourth-order valence-corrected chi connectivity index (χ4v) is 4.21. The molecule has 1 saturated carbocycles. The van der Waals surface area contributed by atoms with Gasteiger partial charge in [0.15, 0.2) is 22.6 Å². The maximum absolute atomic E-state index is 13.7. The van der Waals surface area contributed by atoms with Gasteiger partial charge in [0.25, 0.3) is 5.56 Å². The van der Waals surface area contributed by atoms with E-state index in [9.17, 15) is 18.0 Å².